The van der Waals surface area contributed by atoms with Gasteiger partial charge in [-0.15, -0.1) is 0 Å². The van der Waals surface area contributed by atoms with E-state index in [0.717, 1.165) is 16.7 Å². The molecule has 1 amide bonds. The highest BCUT2D eigenvalue weighted by Crippen LogP contribution is 2.24. The third kappa shape index (κ3) is 5.05. The Kier molecular flexibility index (Phi) is 6.85. The molecule has 1 aliphatic rings. The predicted molar refractivity (Wildman–Crippen MR) is 109 cm³/mol. The second kappa shape index (κ2) is 9.73. The van der Waals surface area contributed by atoms with Crippen LogP contribution in [0, 0.1) is 0 Å². The molecule has 30 heavy (non-hydrogen) atoms. The molecule has 0 saturated heterocycles. The van der Waals surface area contributed by atoms with Gasteiger partial charge in [-0.3, -0.25) is 4.79 Å². The first-order valence-corrected chi connectivity index (χ1v) is 9.44. The second-order valence-corrected chi connectivity index (χ2v) is 6.75. The minimum atomic E-state index is -0.744. The predicted octanol–water partition coefficient (Wildman–Crippen LogP) is 2.38. The zero-order valence-electron chi connectivity index (χ0n) is 16.9. The molecule has 0 spiro atoms. The van der Waals surface area contributed by atoms with E-state index in [-0.39, 0.29) is 6.54 Å². The SMILES string of the molecule is COC(=O)[C@@H]1Cc2ccccc2CN1C(=O)COC(=O)/C=C/c1ccc(OC)cc1. The summed E-state index contributed by atoms with van der Waals surface area (Å²) in [5, 5.41) is 0. The lowest BCUT2D eigenvalue weighted by Gasteiger charge is -2.35. The van der Waals surface area contributed by atoms with E-state index < -0.39 is 30.5 Å². The summed E-state index contributed by atoms with van der Waals surface area (Å²) in [6.07, 6.45) is 3.19. The van der Waals surface area contributed by atoms with Gasteiger partial charge >= 0.3 is 11.9 Å². The molecule has 1 heterocycles. The summed E-state index contributed by atoms with van der Waals surface area (Å²) in [6.45, 7) is -0.199. The van der Waals surface area contributed by atoms with Crippen LogP contribution in [0.2, 0.25) is 0 Å². The number of hydrogen-bond donors (Lipinski definition) is 0. The molecule has 0 fully saturated rings. The average molecular weight is 409 g/mol. The first-order valence-electron chi connectivity index (χ1n) is 9.44. The fourth-order valence-corrected chi connectivity index (χ4v) is 3.27. The maximum atomic E-state index is 12.7. The van der Waals surface area contributed by atoms with Gasteiger partial charge in [-0.05, 0) is 34.9 Å². The van der Waals surface area contributed by atoms with Gasteiger partial charge in [-0.25, -0.2) is 9.59 Å². The van der Waals surface area contributed by atoms with Gasteiger partial charge in [0.2, 0.25) is 0 Å². The molecule has 1 aliphatic heterocycles. The lowest BCUT2D eigenvalue weighted by molar-refractivity contribution is -0.158. The topological polar surface area (TPSA) is 82.1 Å². The summed E-state index contributed by atoms with van der Waals surface area (Å²) in [7, 11) is 2.86. The Morgan fingerprint density at radius 1 is 1.03 bits per heavy atom. The number of ether oxygens (including phenoxy) is 3. The number of hydrogen-bond acceptors (Lipinski definition) is 6. The minimum Gasteiger partial charge on any atom is -0.497 e. The van der Waals surface area contributed by atoms with Crippen LogP contribution in [0.5, 0.6) is 5.75 Å². The smallest absolute Gasteiger partial charge is 0.331 e. The fourth-order valence-electron chi connectivity index (χ4n) is 3.27. The summed E-state index contributed by atoms with van der Waals surface area (Å²) < 4.78 is 15.0. The van der Waals surface area contributed by atoms with Gasteiger partial charge in [0.05, 0.1) is 14.2 Å². The van der Waals surface area contributed by atoms with E-state index in [4.69, 9.17) is 14.2 Å². The molecule has 2 aromatic carbocycles. The molecule has 2 aromatic rings. The van der Waals surface area contributed by atoms with E-state index >= 15 is 0 Å². The minimum absolute atomic E-state index is 0.258. The molecule has 0 bridgehead atoms. The molecule has 0 aliphatic carbocycles. The Balaban J connectivity index is 1.61. The second-order valence-electron chi connectivity index (χ2n) is 6.75. The van der Waals surface area contributed by atoms with Gasteiger partial charge < -0.3 is 19.1 Å². The van der Waals surface area contributed by atoms with Crippen molar-refractivity contribution in [3.8, 4) is 5.75 Å². The Morgan fingerprint density at radius 2 is 1.73 bits per heavy atom. The Morgan fingerprint density at radius 3 is 2.40 bits per heavy atom. The summed E-state index contributed by atoms with van der Waals surface area (Å²) >= 11 is 0. The maximum absolute atomic E-state index is 12.7. The Labute approximate surface area is 174 Å². The lowest BCUT2D eigenvalue weighted by atomic mass is 9.94. The zero-order valence-corrected chi connectivity index (χ0v) is 16.9. The van der Waals surface area contributed by atoms with E-state index in [1.807, 2.05) is 24.3 Å². The molecule has 0 saturated carbocycles. The van der Waals surface area contributed by atoms with Crippen LogP contribution < -0.4 is 4.74 Å². The monoisotopic (exact) mass is 409 g/mol. The number of methoxy groups -OCH3 is 2. The van der Waals surface area contributed by atoms with Crippen LogP contribution in [-0.2, 0) is 36.8 Å². The lowest BCUT2D eigenvalue weighted by Crippen LogP contribution is -2.50. The highest BCUT2D eigenvalue weighted by molar-refractivity contribution is 5.90. The summed E-state index contributed by atoms with van der Waals surface area (Å²) in [5.41, 5.74) is 2.74. The molecule has 1 atom stereocenters. The van der Waals surface area contributed by atoms with E-state index in [9.17, 15) is 14.4 Å². The van der Waals surface area contributed by atoms with Gasteiger partial charge in [0.1, 0.15) is 11.8 Å². The standard InChI is InChI=1S/C23H23NO6/c1-28-19-10-7-16(8-11-19)9-12-22(26)30-15-21(25)24-14-18-6-4-3-5-17(18)13-20(24)23(27)29-2/h3-12,20H,13-15H2,1-2H3/b12-9+/t20-/m0/s1. The van der Waals surface area contributed by atoms with Crippen LogP contribution in [-0.4, -0.2) is 49.6 Å². The van der Waals surface area contributed by atoms with Crippen molar-refractivity contribution in [3.63, 3.8) is 0 Å². The third-order valence-electron chi connectivity index (χ3n) is 4.91. The average Bonchev–Trinajstić information content (AvgIpc) is 2.80. The molecule has 7 nitrogen and oxygen atoms in total. The first-order chi connectivity index (χ1) is 14.5. The molecule has 0 N–H and O–H groups in total. The maximum Gasteiger partial charge on any atom is 0.331 e. The molecular weight excluding hydrogens is 386 g/mol. The van der Waals surface area contributed by atoms with Gasteiger partial charge in [0.25, 0.3) is 5.91 Å². The zero-order chi connectivity index (χ0) is 21.5. The van der Waals surface area contributed by atoms with Gasteiger partial charge in [0.15, 0.2) is 6.61 Å². The van der Waals surface area contributed by atoms with Gasteiger partial charge in [-0.2, -0.15) is 0 Å². The number of carbonyl (C=O) groups is 3. The third-order valence-corrected chi connectivity index (χ3v) is 4.91. The Bertz CT molecular complexity index is 950. The largest absolute Gasteiger partial charge is 0.497 e. The highest BCUT2D eigenvalue weighted by Gasteiger charge is 2.35. The Hall–Kier alpha value is -3.61. The van der Waals surface area contributed by atoms with Crippen LogP contribution in [0.25, 0.3) is 6.08 Å². The van der Waals surface area contributed by atoms with Crippen molar-refractivity contribution in [3.05, 3.63) is 71.3 Å². The fraction of sp³-hybridized carbons (Fsp3) is 0.261. The quantitative estimate of drug-likeness (QED) is 0.538. The summed E-state index contributed by atoms with van der Waals surface area (Å²) in [5.74, 6) is -0.885. The highest BCUT2D eigenvalue weighted by atomic mass is 16.5. The van der Waals surface area contributed by atoms with Crippen molar-refractivity contribution in [2.24, 2.45) is 0 Å². The number of rotatable bonds is 6. The number of nitrogens with zero attached hydrogens (tertiary/aromatic N) is 1. The molecule has 0 unspecified atom stereocenters. The van der Waals surface area contributed by atoms with Crippen molar-refractivity contribution in [2.75, 3.05) is 20.8 Å². The van der Waals surface area contributed by atoms with Crippen molar-refractivity contribution < 1.29 is 28.6 Å². The van der Waals surface area contributed by atoms with Gasteiger partial charge in [0, 0.05) is 19.0 Å². The molecule has 0 aromatic heterocycles. The molecule has 0 radical (unpaired) electrons. The molecule has 7 heteroatoms. The van der Waals surface area contributed by atoms with Gasteiger partial charge in [-0.1, -0.05) is 36.4 Å². The van der Waals surface area contributed by atoms with Crippen LogP contribution in [0.4, 0.5) is 0 Å². The number of esters is 2. The van der Waals surface area contributed by atoms with Crippen molar-refractivity contribution in [1.29, 1.82) is 0 Å². The first kappa shape index (κ1) is 21.1. The van der Waals surface area contributed by atoms with Crippen molar-refractivity contribution in [2.45, 2.75) is 19.0 Å². The van der Waals surface area contributed by atoms with Crippen molar-refractivity contribution >= 4 is 23.9 Å². The van der Waals surface area contributed by atoms with Crippen molar-refractivity contribution in [1.82, 2.24) is 4.90 Å². The van der Waals surface area contributed by atoms with Crippen LogP contribution >= 0.6 is 0 Å². The van der Waals surface area contributed by atoms with Crippen LogP contribution in [0.15, 0.2) is 54.6 Å². The van der Waals surface area contributed by atoms with E-state index in [1.54, 1.807) is 37.5 Å². The normalized spacial score (nSPS) is 15.4. The number of carbonyl (C=O) groups excluding carboxylic acids is 3. The summed E-state index contributed by atoms with van der Waals surface area (Å²) in [6, 6.07) is 14.0. The molecular formula is C23H23NO6. The van der Waals surface area contributed by atoms with E-state index in [1.165, 1.54) is 18.1 Å². The van der Waals surface area contributed by atoms with Crippen LogP contribution in [0.1, 0.15) is 16.7 Å². The van der Waals surface area contributed by atoms with E-state index in [0.29, 0.717) is 12.2 Å². The summed E-state index contributed by atoms with van der Waals surface area (Å²) in [4.78, 5) is 38.3. The number of benzene rings is 2. The number of fused-ring (bicyclic) bond motifs is 1. The van der Waals surface area contributed by atoms with E-state index in [2.05, 4.69) is 0 Å². The molecule has 3 rings (SSSR count). The van der Waals surface area contributed by atoms with Crippen LogP contribution in [0.3, 0.4) is 0 Å². The number of amides is 1. The molecule has 156 valence electrons.